The van der Waals surface area contributed by atoms with Crippen LogP contribution in [0.1, 0.15) is 19.4 Å². The van der Waals surface area contributed by atoms with Gasteiger partial charge in [0, 0.05) is 19.6 Å². The molecule has 0 atom stereocenters. The van der Waals surface area contributed by atoms with Crippen molar-refractivity contribution in [2.24, 2.45) is 0 Å². The van der Waals surface area contributed by atoms with Gasteiger partial charge in [-0.05, 0) is 32.4 Å². The quantitative estimate of drug-likeness (QED) is 0.517. The third-order valence-corrected chi connectivity index (χ3v) is 3.22. The van der Waals surface area contributed by atoms with Crippen molar-refractivity contribution >= 4 is 5.97 Å². The Labute approximate surface area is 143 Å². The summed E-state index contributed by atoms with van der Waals surface area (Å²) in [4.78, 5) is 12.6. The lowest BCUT2D eigenvalue weighted by atomic mass is 10.1. The van der Waals surface area contributed by atoms with E-state index in [1.165, 1.54) is 13.8 Å². The molecule has 0 saturated carbocycles. The van der Waals surface area contributed by atoms with Crippen molar-refractivity contribution in [3.05, 3.63) is 29.8 Å². The van der Waals surface area contributed by atoms with Crippen molar-refractivity contribution in [3.8, 4) is 5.75 Å². The van der Waals surface area contributed by atoms with Gasteiger partial charge in [0.15, 0.2) is 5.60 Å². The van der Waals surface area contributed by atoms with Gasteiger partial charge in [-0.3, -0.25) is 4.90 Å². The van der Waals surface area contributed by atoms with E-state index in [4.69, 9.17) is 25.2 Å². The van der Waals surface area contributed by atoms with Gasteiger partial charge in [-0.25, -0.2) is 4.79 Å². The molecule has 0 bridgehead atoms. The normalized spacial score (nSPS) is 11.0. The molecule has 0 unspecified atom stereocenters. The number of hydrogen-bond acceptors (Lipinski definition) is 6. The van der Waals surface area contributed by atoms with Crippen LogP contribution in [-0.4, -0.2) is 76.4 Å². The van der Waals surface area contributed by atoms with E-state index in [1.54, 1.807) is 11.0 Å². The van der Waals surface area contributed by atoms with Gasteiger partial charge in [0.2, 0.25) is 0 Å². The molecule has 0 aliphatic heterocycles. The van der Waals surface area contributed by atoms with Gasteiger partial charge < -0.3 is 25.2 Å². The summed E-state index contributed by atoms with van der Waals surface area (Å²) in [5, 5.41) is 34.3. The summed E-state index contributed by atoms with van der Waals surface area (Å²) in [7, 11) is 0. The average Bonchev–Trinajstić information content (AvgIpc) is 2.51. The Morgan fingerprint density at radius 3 is 1.88 bits per heavy atom. The van der Waals surface area contributed by atoms with Crippen LogP contribution in [0.3, 0.4) is 0 Å². The van der Waals surface area contributed by atoms with E-state index >= 15 is 0 Å². The molecule has 0 amide bonds. The first kappa shape index (κ1) is 22.3. The predicted molar refractivity (Wildman–Crippen MR) is 91.2 cm³/mol. The molecule has 0 aromatic heterocycles. The second-order valence-corrected chi connectivity index (χ2v) is 5.70. The SMILES string of the molecule is Cc1ccccc1OC(C)(C)C(=O)O.OCCN(CCO)CCO. The minimum atomic E-state index is -1.19. The number of nitrogens with zero attached hydrogens (tertiary/aromatic N) is 1. The third-order valence-electron chi connectivity index (χ3n) is 3.22. The van der Waals surface area contributed by atoms with Crippen LogP contribution >= 0.6 is 0 Å². The van der Waals surface area contributed by atoms with Gasteiger partial charge in [0.05, 0.1) is 19.8 Å². The average molecular weight is 343 g/mol. The van der Waals surface area contributed by atoms with E-state index < -0.39 is 11.6 Å². The number of para-hydroxylation sites is 1. The van der Waals surface area contributed by atoms with E-state index in [0.717, 1.165) is 5.56 Å². The fourth-order valence-corrected chi connectivity index (χ4v) is 1.75. The molecule has 24 heavy (non-hydrogen) atoms. The van der Waals surface area contributed by atoms with Crippen molar-refractivity contribution < 1.29 is 30.0 Å². The number of aliphatic carboxylic acids is 1. The molecule has 1 aromatic rings. The lowest BCUT2D eigenvalue weighted by Crippen LogP contribution is -2.38. The number of ether oxygens (including phenoxy) is 1. The van der Waals surface area contributed by atoms with Crippen molar-refractivity contribution in [2.45, 2.75) is 26.4 Å². The second kappa shape index (κ2) is 11.8. The Hall–Kier alpha value is -1.67. The minimum absolute atomic E-state index is 0.0694. The van der Waals surface area contributed by atoms with Crippen LogP contribution in [-0.2, 0) is 4.79 Å². The van der Waals surface area contributed by atoms with Crippen LogP contribution in [0.5, 0.6) is 5.75 Å². The van der Waals surface area contributed by atoms with Crippen LogP contribution < -0.4 is 4.74 Å². The zero-order chi connectivity index (χ0) is 18.6. The number of aliphatic hydroxyl groups is 3. The molecule has 0 saturated heterocycles. The number of hydrogen-bond donors (Lipinski definition) is 4. The Bertz CT molecular complexity index is 464. The van der Waals surface area contributed by atoms with Crippen LogP contribution in [0, 0.1) is 6.92 Å². The summed E-state index contributed by atoms with van der Waals surface area (Å²) < 4.78 is 5.39. The Kier molecular flexibility index (Phi) is 11.0. The fourth-order valence-electron chi connectivity index (χ4n) is 1.75. The molecule has 0 spiro atoms. The standard InChI is InChI=1S/C11H14O3.C6H15NO3/c1-8-6-4-5-7-9(8)14-11(2,3)10(12)13;8-4-1-7(2-5-9)3-6-10/h4-7H,1-3H3,(H,12,13);8-10H,1-6H2. The number of carboxylic acids is 1. The maximum absolute atomic E-state index is 10.8. The maximum atomic E-state index is 10.8. The number of carbonyl (C=O) groups is 1. The fraction of sp³-hybridized carbons (Fsp3) is 0.588. The number of aryl methyl sites for hydroxylation is 1. The lowest BCUT2D eigenvalue weighted by Gasteiger charge is -2.22. The first-order chi connectivity index (χ1) is 11.3. The van der Waals surface area contributed by atoms with E-state index in [0.29, 0.717) is 25.4 Å². The number of carboxylic acid groups (broad SMARTS) is 1. The topological polar surface area (TPSA) is 110 Å². The van der Waals surface area contributed by atoms with Crippen LogP contribution in [0.2, 0.25) is 0 Å². The molecule has 0 aliphatic carbocycles. The first-order valence-corrected chi connectivity index (χ1v) is 7.81. The Balaban J connectivity index is 0.000000470. The van der Waals surface area contributed by atoms with E-state index in [-0.39, 0.29) is 19.8 Å². The monoisotopic (exact) mass is 343 g/mol. The molecular formula is C17H29NO6. The largest absolute Gasteiger partial charge is 0.478 e. The highest BCUT2D eigenvalue weighted by Crippen LogP contribution is 2.22. The zero-order valence-electron chi connectivity index (χ0n) is 14.6. The van der Waals surface area contributed by atoms with Gasteiger partial charge in [0.25, 0.3) is 0 Å². The molecule has 138 valence electrons. The molecule has 0 fully saturated rings. The molecule has 7 heteroatoms. The first-order valence-electron chi connectivity index (χ1n) is 7.81. The molecular weight excluding hydrogens is 314 g/mol. The summed E-state index contributed by atoms with van der Waals surface area (Å²) in [5.74, 6) is -0.361. The van der Waals surface area contributed by atoms with Gasteiger partial charge in [-0.15, -0.1) is 0 Å². The number of rotatable bonds is 9. The van der Waals surface area contributed by atoms with Crippen molar-refractivity contribution in [3.63, 3.8) is 0 Å². The molecule has 0 heterocycles. The van der Waals surface area contributed by atoms with Gasteiger partial charge in [0.1, 0.15) is 5.75 Å². The van der Waals surface area contributed by atoms with Gasteiger partial charge in [-0.2, -0.15) is 0 Å². The molecule has 1 rings (SSSR count). The highest BCUT2D eigenvalue weighted by Gasteiger charge is 2.29. The summed E-state index contributed by atoms with van der Waals surface area (Å²) in [6.45, 7) is 6.69. The maximum Gasteiger partial charge on any atom is 0.347 e. The second-order valence-electron chi connectivity index (χ2n) is 5.70. The zero-order valence-corrected chi connectivity index (χ0v) is 14.6. The van der Waals surface area contributed by atoms with Gasteiger partial charge >= 0.3 is 5.97 Å². The molecule has 0 radical (unpaired) electrons. The predicted octanol–water partition coefficient (Wildman–Crippen LogP) is 0.502. The lowest BCUT2D eigenvalue weighted by molar-refractivity contribution is -0.152. The molecule has 1 aromatic carbocycles. The summed E-state index contributed by atoms with van der Waals surface area (Å²) >= 11 is 0. The third kappa shape index (κ3) is 8.83. The van der Waals surface area contributed by atoms with Crippen LogP contribution in [0.4, 0.5) is 0 Å². The Morgan fingerprint density at radius 1 is 1.04 bits per heavy atom. The summed E-state index contributed by atoms with van der Waals surface area (Å²) in [5.41, 5.74) is -0.256. The van der Waals surface area contributed by atoms with Crippen molar-refractivity contribution in [1.82, 2.24) is 4.90 Å². The minimum Gasteiger partial charge on any atom is -0.478 e. The summed E-state index contributed by atoms with van der Waals surface area (Å²) in [6.07, 6.45) is 0. The molecule has 0 aliphatic rings. The molecule has 7 nitrogen and oxygen atoms in total. The number of benzene rings is 1. The van der Waals surface area contributed by atoms with E-state index in [9.17, 15) is 4.79 Å². The van der Waals surface area contributed by atoms with Crippen molar-refractivity contribution in [1.29, 1.82) is 0 Å². The van der Waals surface area contributed by atoms with Crippen LogP contribution in [0.25, 0.3) is 0 Å². The Morgan fingerprint density at radius 2 is 1.50 bits per heavy atom. The van der Waals surface area contributed by atoms with Crippen molar-refractivity contribution in [2.75, 3.05) is 39.5 Å². The highest BCUT2D eigenvalue weighted by molar-refractivity contribution is 5.76. The smallest absolute Gasteiger partial charge is 0.347 e. The summed E-state index contributed by atoms with van der Waals surface area (Å²) in [6, 6.07) is 7.35. The highest BCUT2D eigenvalue weighted by atomic mass is 16.5. The molecule has 4 N–H and O–H groups in total. The van der Waals surface area contributed by atoms with Crippen LogP contribution in [0.15, 0.2) is 24.3 Å². The number of aliphatic hydroxyl groups excluding tert-OH is 3. The van der Waals surface area contributed by atoms with E-state index in [2.05, 4.69) is 0 Å². The van der Waals surface area contributed by atoms with Gasteiger partial charge in [-0.1, -0.05) is 18.2 Å². The van der Waals surface area contributed by atoms with E-state index in [1.807, 2.05) is 25.1 Å².